The highest BCUT2D eigenvalue weighted by molar-refractivity contribution is 7.89. The van der Waals surface area contributed by atoms with Crippen molar-refractivity contribution in [1.82, 2.24) is 4.72 Å². The molecule has 1 saturated carbocycles. The second kappa shape index (κ2) is 5.02. The lowest BCUT2D eigenvalue weighted by Crippen LogP contribution is -2.44. The lowest BCUT2D eigenvalue weighted by atomic mass is 9.74. The molecular formula is C13H21N3O2S. The van der Waals surface area contributed by atoms with E-state index < -0.39 is 10.0 Å². The molecule has 0 radical (unpaired) electrons. The predicted octanol–water partition coefficient (Wildman–Crippen LogP) is 1.92. The summed E-state index contributed by atoms with van der Waals surface area (Å²) in [6.45, 7) is 2.16. The Bertz CT molecular complexity index is 560. The van der Waals surface area contributed by atoms with Gasteiger partial charge in [0, 0.05) is 11.2 Å². The number of rotatable bonds is 5. The van der Waals surface area contributed by atoms with Crippen LogP contribution in [-0.4, -0.2) is 21.0 Å². The zero-order valence-corrected chi connectivity index (χ0v) is 12.2. The molecule has 0 heterocycles. The molecule has 6 heteroatoms. The van der Waals surface area contributed by atoms with Gasteiger partial charge in [0.15, 0.2) is 0 Å². The van der Waals surface area contributed by atoms with E-state index in [4.69, 9.17) is 5.73 Å². The average molecular weight is 283 g/mol. The van der Waals surface area contributed by atoms with Gasteiger partial charge >= 0.3 is 0 Å². The predicted molar refractivity (Wildman–Crippen MR) is 77.6 cm³/mol. The summed E-state index contributed by atoms with van der Waals surface area (Å²) in [6, 6.07) is 5.02. The van der Waals surface area contributed by atoms with Gasteiger partial charge in [0.25, 0.3) is 0 Å². The first-order valence-corrected chi connectivity index (χ1v) is 8.02. The minimum atomic E-state index is -3.49. The maximum Gasteiger partial charge on any atom is 0.242 e. The number of sulfonamides is 1. The SMILES string of the molecule is CCC1(Nc2ccc(S(=O)(=O)NC)c(N)c2)CCC1. The van der Waals surface area contributed by atoms with E-state index in [2.05, 4.69) is 17.0 Å². The molecule has 0 spiro atoms. The van der Waals surface area contributed by atoms with Gasteiger partial charge in [-0.3, -0.25) is 0 Å². The number of nitrogens with two attached hydrogens (primary N) is 1. The maximum absolute atomic E-state index is 11.7. The molecular weight excluding hydrogens is 262 g/mol. The van der Waals surface area contributed by atoms with Gasteiger partial charge < -0.3 is 11.1 Å². The van der Waals surface area contributed by atoms with Crippen molar-refractivity contribution >= 4 is 21.4 Å². The molecule has 0 aliphatic heterocycles. The van der Waals surface area contributed by atoms with Crippen molar-refractivity contribution in [2.75, 3.05) is 18.1 Å². The molecule has 0 unspecified atom stereocenters. The number of nitrogens with one attached hydrogen (secondary N) is 2. The smallest absolute Gasteiger partial charge is 0.242 e. The van der Waals surface area contributed by atoms with Gasteiger partial charge in [0.2, 0.25) is 10.0 Å². The molecule has 4 N–H and O–H groups in total. The van der Waals surface area contributed by atoms with Gasteiger partial charge in [-0.15, -0.1) is 0 Å². The summed E-state index contributed by atoms with van der Waals surface area (Å²) in [5, 5.41) is 3.48. The van der Waals surface area contributed by atoms with Crippen molar-refractivity contribution in [2.24, 2.45) is 0 Å². The van der Waals surface area contributed by atoms with Gasteiger partial charge in [-0.05, 0) is 50.9 Å². The number of hydrogen-bond acceptors (Lipinski definition) is 4. The van der Waals surface area contributed by atoms with Gasteiger partial charge in [0.05, 0.1) is 5.69 Å². The Kier molecular flexibility index (Phi) is 3.73. The molecule has 1 fully saturated rings. The van der Waals surface area contributed by atoms with Crippen LogP contribution in [0.25, 0.3) is 0 Å². The zero-order valence-electron chi connectivity index (χ0n) is 11.4. The van der Waals surface area contributed by atoms with E-state index in [1.165, 1.54) is 13.5 Å². The van der Waals surface area contributed by atoms with E-state index >= 15 is 0 Å². The van der Waals surface area contributed by atoms with E-state index in [0.717, 1.165) is 24.9 Å². The molecule has 1 aromatic rings. The molecule has 0 aromatic heterocycles. The molecule has 106 valence electrons. The van der Waals surface area contributed by atoms with E-state index in [0.29, 0.717) is 0 Å². The van der Waals surface area contributed by atoms with E-state index in [-0.39, 0.29) is 16.1 Å². The lowest BCUT2D eigenvalue weighted by Gasteiger charge is -2.43. The Morgan fingerprint density at radius 1 is 1.37 bits per heavy atom. The Labute approximate surface area is 114 Å². The summed E-state index contributed by atoms with van der Waals surface area (Å²) in [7, 11) is -2.11. The molecule has 1 aromatic carbocycles. The fourth-order valence-corrected chi connectivity index (χ4v) is 3.29. The van der Waals surface area contributed by atoms with Gasteiger partial charge in [-0.1, -0.05) is 6.92 Å². The Hall–Kier alpha value is -1.27. The Morgan fingerprint density at radius 2 is 2.05 bits per heavy atom. The first-order valence-electron chi connectivity index (χ1n) is 6.54. The molecule has 0 bridgehead atoms. The standard InChI is InChI=1S/C13H21N3O2S/c1-3-13(7-4-8-13)16-10-5-6-12(11(14)9-10)19(17,18)15-2/h5-6,9,15-16H,3-4,7-8,14H2,1-2H3. The van der Waals surface area contributed by atoms with Crippen molar-refractivity contribution < 1.29 is 8.42 Å². The number of benzene rings is 1. The van der Waals surface area contributed by atoms with Crippen LogP contribution in [-0.2, 0) is 10.0 Å². The van der Waals surface area contributed by atoms with Crippen LogP contribution >= 0.6 is 0 Å². The van der Waals surface area contributed by atoms with Crippen molar-refractivity contribution in [3.05, 3.63) is 18.2 Å². The van der Waals surface area contributed by atoms with Crippen LogP contribution < -0.4 is 15.8 Å². The minimum Gasteiger partial charge on any atom is -0.398 e. The van der Waals surface area contributed by atoms with Crippen molar-refractivity contribution in [3.8, 4) is 0 Å². The van der Waals surface area contributed by atoms with Gasteiger partial charge in [-0.2, -0.15) is 0 Å². The topological polar surface area (TPSA) is 84.2 Å². The minimum absolute atomic E-state index is 0.125. The fourth-order valence-electron chi connectivity index (χ4n) is 2.46. The highest BCUT2D eigenvalue weighted by Gasteiger charge is 2.34. The van der Waals surface area contributed by atoms with Crippen LogP contribution in [0.15, 0.2) is 23.1 Å². The molecule has 0 atom stereocenters. The quantitative estimate of drug-likeness (QED) is 0.721. The highest BCUT2D eigenvalue weighted by atomic mass is 32.2. The van der Waals surface area contributed by atoms with Crippen LogP contribution in [0.5, 0.6) is 0 Å². The lowest BCUT2D eigenvalue weighted by molar-refractivity contribution is 0.269. The van der Waals surface area contributed by atoms with Crippen molar-refractivity contribution in [3.63, 3.8) is 0 Å². The van der Waals surface area contributed by atoms with Crippen LogP contribution in [0, 0.1) is 0 Å². The summed E-state index contributed by atoms with van der Waals surface area (Å²) in [4.78, 5) is 0.125. The zero-order chi connectivity index (χ0) is 14.1. The largest absolute Gasteiger partial charge is 0.398 e. The van der Waals surface area contributed by atoms with Gasteiger partial charge in [-0.25, -0.2) is 13.1 Å². The molecule has 0 amide bonds. The van der Waals surface area contributed by atoms with E-state index in [9.17, 15) is 8.42 Å². The highest BCUT2D eigenvalue weighted by Crippen LogP contribution is 2.38. The summed E-state index contributed by atoms with van der Waals surface area (Å²) in [5.41, 5.74) is 7.16. The third-order valence-electron chi connectivity index (χ3n) is 3.96. The number of nitrogen functional groups attached to an aromatic ring is 1. The maximum atomic E-state index is 11.7. The van der Waals surface area contributed by atoms with Crippen molar-refractivity contribution in [1.29, 1.82) is 0 Å². The summed E-state index contributed by atoms with van der Waals surface area (Å²) >= 11 is 0. The molecule has 2 rings (SSSR count). The Balaban J connectivity index is 2.24. The van der Waals surface area contributed by atoms with Gasteiger partial charge in [0.1, 0.15) is 4.90 Å². The molecule has 19 heavy (non-hydrogen) atoms. The molecule has 5 nitrogen and oxygen atoms in total. The molecule has 0 saturated heterocycles. The molecule has 1 aliphatic carbocycles. The summed E-state index contributed by atoms with van der Waals surface area (Å²) in [6.07, 6.45) is 4.60. The van der Waals surface area contributed by atoms with Crippen LogP contribution in [0.4, 0.5) is 11.4 Å². The average Bonchev–Trinajstić information content (AvgIpc) is 2.33. The first kappa shape index (κ1) is 14.1. The monoisotopic (exact) mass is 283 g/mol. The molecule has 1 aliphatic rings. The Morgan fingerprint density at radius 3 is 2.47 bits per heavy atom. The second-order valence-corrected chi connectivity index (χ2v) is 6.93. The summed E-state index contributed by atoms with van der Waals surface area (Å²) in [5.74, 6) is 0. The van der Waals surface area contributed by atoms with E-state index in [1.54, 1.807) is 18.2 Å². The third kappa shape index (κ3) is 2.69. The second-order valence-electron chi connectivity index (χ2n) is 5.07. The van der Waals surface area contributed by atoms with E-state index in [1.807, 2.05) is 0 Å². The van der Waals surface area contributed by atoms with Crippen LogP contribution in [0.1, 0.15) is 32.6 Å². The van der Waals surface area contributed by atoms with Crippen molar-refractivity contribution in [2.45, 2.75) is 43.0 Å². The fraction of sp³-hybridized carbons (Fsp3) is 0.538. The normalized spacial score (nSPS) is 17.8. The van der Waals surface area contributed by atoms with Crippen LogP contribution in [0.3, 0.4) is 0 Å². The van der Waals surface area contributed by atoms with Crippen LogP contribution in [0.2, 0.25) is 0 Å². The first-order chi connectivity index (χ1) is 8.92. The number of hydrogen-bond donors (Lipinski definition) is 3. The third-order valence-corrected chi connectivity index (χ3v) is 5.45. The summed E-state index contributed by atoms with van der Waals surface area (Å²) < 4.78 is 25.7. The number of anilines is 2.